The van der Waals surface area contributed by atoms with E-state index in [1.807, 2.05) is 24.3 Å². The Balaban J connectivity index is 1.02. The average molecular weight is 519 g/mol. The molecule has 2 fully saturated rings. The Morgan fingerprint density at radius 1 is 1.00 bits per heavy atom. The van der Waals surface area contributed by atoms with Crippen LogP contribution in [-0.4, -0.2) is 52.4 Å². The summed E-state index contributed by atoms with van der Waals surface area (Å²) in [5, 5.41) is 7.15. The van der Waals surface area contributed by atoms with Crippen LogP contribution >= 0.6 is 0 Å². The van der Waals surface area contributed by atoms with Crippen molar-refractivity contribution in [2.45, 2.75) is 57.9 Å². The summed E-state index contributed by atoms with van der Waals surface area (Å²) >= 11 is 0. The van der Waals surface area contributed by atoms with Gasteiger partial charge in [-0.25, -0.2) is 4.39 Å². The minimum Gasteiger partial charge on any atom is -0.349 e. The van der Waals surface area contributed by atoms with Gasteiger partial charge >= 0.3 is 0 Å². The lowest BCUT2D eigenvalue weighted by Gasteiger charge is -2.34. The molecule has 0 atom stereocenters. The van der Waals surface area contributed by atoms with Crippen molar-refractivity contribution in [3.8, 4) is 11.4 Å². The first kappa shape index (κ1) is 26.2. The number of aromatic nitrogens is 2. The summed E-state index contributed by atoms with van der Waals surface area (Å²) in [5.41, 5.74) is 1.99. The molecule has 2 aliphatic rings. The molecular weight excluding hydrogens is 483 g/mol. The highest BCUT2D eigenvalue weighted by atomic mass is 19.1. The third-order valence-corrected chi connectivity index (χ3v) is 8.03. The van der Waals surface area contributed by atoms with Gasteiger partial charge in [0, 0.05) is 35.6 Å². The summed E-state index contributed by atoms with van der Waals surface area (Å²) in [6, 6.07) is 13.4. The Kier molecular flexibility index (Phi) is 8.27. The number of aryl methyl sites for hydroxylation is 1. The third kappa shape index (κ3) is 6.54. The van der Waals surface area contributed by atoms with Crippen molar-refractivity contribution in [3.05, 3.63) is 71.4 Å². The van der Waals surface area contributed by atoms with Crippen LogP contribution in [0.2, 0.25) is 0 Å². The van der Waals surface area contributed by atoms with E-state index in [-0.39, 0.29) is 29.5 Å². The number of carbonyl (C=O) groups excluding carboxylic acids is 2. The SMILES string of the molecule is Cc1nc(-c2cccc(C(=O)N[C@H]3CC[C@H](CCN4CCC(C(=O)c5ccc(F)cc5)CC4)CC3)c2)no1. The monoisotopic (exact) mass is 518 g/mol. The Morgan fingerprint density at radius 2 is 1.74 bits per heavy atom. The lowest BCUT2D eigenvalue weighted by molar-refractivity contribution is 0.0832. The van der Waals surface area contributed by atoms with Crippen LogP contribution in [0, 0.1) is 24.6 Å². The van der Waals surface area contributed by atoms with Crippen molar-refractivity contribution in [2.24, 2.45) is 11.8 Å². The van der Waals surface area contributed by atoms with E-state index < -0.39 is 0 Å². The fourth-order valence-electron chi connectivity index (χ4n) is 5.71. The van der Waals surface area contributed by atoms with Gasteiger partial charge in [-0.1, -0.05) is 17.3 Å². The fourth-order valence-corrected chi connectivity index (χ4v) is 5.71. The van der Waals surface area contributed by atoms with Crippen molar-refractivity contribution < 1.29 is 18.5 Å². The number of piperidine rings is 1. The second kappa shape index (κ2) is 12.0. The van der Waals surface area contributed by atoms with E-state index in [0.717, 1.165) is 70.1 Å². The average Bonchev–Trinajstić information content (AvgIpc) is 3.39. The largest absolute Gasteiger partial charge is 0.349 e. The summed E-state index contributed by atoms with van der Waals surface area (Å²) in [6.45, 7) is 4.67. The minimum absolute atomic E-state index is 0.0350. The highest BCUT2D eigenvalue weighted by molar-refractivity contribution is 5.98. The number of ketones is 1. The first-order valence-corrected chi connectivity index (χ1v) is 13.7. The number of hydrogen-bond donors (Lipinski definition) is 1. The van der Waals surface area contributed by atoms with Gasteiger partial charge in [-0.15, -0.1) is 0 Å². The van der Waals surface area contributed by atoms with Gasteiger partial charge in [-0.3, -0.25) is 9.59 Å². The maximum absolute atomic E-state index is 13.2. The van der Waals surface area contributed by atoms with Crippen molar-refractivity contribution in [1.29, 1.82) is 0 Å². The number of amides is 1. The third-order valence-electron chi connectivity index (χ3n) is 8.03. The van der Waals surface area contributed by atoms with Crippen LogP contribution in [0.4, 0.5) is 4.39 Å². The molecule has 1 aliphatic carbocycles. The normalized spacial score (nSPS) is 20.8. The molecule has 7 nitrogen and oxygen atoms in total. The molecule has 3 aromatic rings. The number of halogens is 1. The first-order chi connectivity index (χ1) is 18.4. The van der Waals surface area contributed by atoms with E-state index in [1.54, 1.807) is 19.1 Å². The first-order valence-electron chi connectivity index (χ1n) is 13.7. The zero-order valence-electron chi connectivity index (χ0n) is 21.9. The van der Waals surface area contributed by atoms with Crippen molar-refractivity contribution in [2.75, 3.05) is 19.6 Å². The number of hydrogen-bond acceptors (Lipinski definition) is 6. The number of benzene rings is 2. The smallest absolute Gasteiger partial charge is 0.251 e. The standard InChI is InChI=1S/C30H35FN4O3/c1-20-32-29(34-38-20)24-3-2-4-25(19-24)30(37)33-27-11-5-21(6-12-27)13-16-35-17-14-23(15-18-35)28(36)22-7-9-26(31)10-8-22/h2-4,7-10,19,21,23,27H,5-6,11-18H2,1H3,(H,33,37)/t21-,27-. The van der Waals surface area contributed by atoms with Crippen LogP contribution in [0.1, 0.15) is 71.6 Å². The Morgan fingerprint density at radius 3 is 2.42 bits per heavy atom. The Hall–Kier alpha value is -3.39. The summed E-state index contributed by atoms with van der Waals surface area (Å²) in [4.78, 5) is 32.3. The summed E-state index contributed by atoms with van der Waals surface area (Å²) in [5.74, 6) is 1.46. The number of carbonyl (C=O) groups is 2. The van der Waals surface area contributed by atoms with Crippen LogP contribution < -0.4 is 5.32 Å². The minimum atomic E-state index is -0.311. The molecule has 200 valence electrons. The van der Waals surface area contributed by atoms with Gasteiger partial charge in [0.2, 0.25) is 11.7 Å². The van der Waals surface area contributed by atoms with E-state index in [2.05, 4.69) is 20.4 Å². The zero-order valence-corrected chi connectivity index (χ0v) is 21.9. The highest BCUT2D eigenvalue weighted by Gasteiger charge is 2.27. The molecule has 1 saturated heterocycles. The summed E-state index contributed by atoms with van der Waals surface area (Å²) in [7, 11) is 0. The van der Waals surface area contributed by atoms with E-state index in [1.165, 1.54) is 12.1 Å². The molecule has 2 aromatic carbocycles. The predicted molar refractivity (Wildman–Crippen MR) is 142 cm³/mol. The molecule has 2 heterocycles. The van der Waals surface area contributed by atoms with E-state index in [4.69, 9.17) is 4.52 Å². The van der Waals surface area contributed by atoms with Crippen LogP contribution in [0.25, 0.3) is 11.4 Å². The maximum atomic E-state index is 13.2. The molecule has 1 saturated carbocycles. The molecule has 0 radical (unpaired) electrons. The van der Waals surface area contributed by atoms with Crippen LogP contribution in [0.5, 0.6) is 0 Å². The molecular formula is C30H35FN4O3. The van der Waals surface area contributed by atoms with E-state index in [9.17, 15) is 14.0 Å². The molecule has 1 N–H and O–H groups in total. The van der Waals surface area contributed by atoms with Gasteiger partial charge in [0.05, 0.1) is 0 Å². The van der Waals surface area contributed by atoms with Gasteiger partial charge < -0.3 is 14.7 Å². The highest BCUT2D eigenvalue weighted by Crippen LogP contribution is 2.29. The molecule has 5 rings (SSSR count). The van der Waals surface area contributed by atoms with Crippen LogP contribution in [0.15, 0.2) is 53.1 Å². The Bertz CT molecular complexity index is 1240. The molecule has 38 heavy (non-hydrogen) atoms. The van der Waals surface area contributed by atoms with Gasteiger partial charge in [-0.05, 0) is 107 Å². The molecule has 1 aromatic heterocycles. The lowest BCUT2D eigenvalue weighted by atomic mass is 9.83. The number of rotatable bonds is 8. The molecule has 0 unspecified atom stereocenters. The molecule has 8 heteroatoms. The zero-order chi connectivity index (χ0) is 26.5. The summed E-state index contributed by atoms with van der Waals surface area (Å²) in [6.07, 6.45) is 7.11. The summed E-state index contributed by atoms with van der Waals surface area (Å²) < 4.78 is 18.2. The maximum Gasteiger partial charge on any atom is 0.251 e. The Labute approximate surface area is 222 Å². The van der Waals surface area contributed by atoms with E-state index >= 15 is 0 Å². The van der Waals surface area contributed by atoms with Gasteiger partial charge in [-0.2, -0.15) is 4.98 Å². The fraction of sp³-hybridized carbons (Fsp3) is 0.467. The topological polar surface area (TPSA) is 88.3 Å². The van der Waals surface area contributed by atoms with Gasteiger partial charge in [0.1, 0.15) is 5.82 Å². The molecule has 1 aliphatic heterocycles. The number of likely N-dealkylation sites (tertiary alicyclic amines) is 1. The molecule has 1 amide bonds. The second-order valence-electron chi connectivity index (χ2n) is 10.7. The second-order valence-corrected chi connectivity index (χ2v) is 10.7. The number of nitrogens with zero attached hydrogens (tertiary/aromatic N) is 3. The quantitative estimate of drug-likeness (QED) is 0.399. The van der Waals surface area contributed by atoms with Crippen molar-refractivity contribution >= 4 is 11.7 Å². The molecule has 0 spiro atoms. The van der Waals surface area contributed by atoms with Crippen LogP contribution in [-0.2, 0) is 0 Å². The van der Waals surface area contributed by atoms with Crippen molar-refractivity contribution in [1.82, 2.24) is 20.4 Å². The number of nitrogens with one attached hydrogen (secondary N) is 1. The van der Waals surface area contributed by atoms with Crippen molar-refractivity contribution in [3.63, 3.8) is 0 Å². The van der Waals surface area contributed by atoms with Gasteiger partial charge in [0.15, 0.2) is 5.78 Å². The molecule has 0 bridgehead atoms. The van der Waals surface area contributed by atoms with E-state index in [0.29, 0.717) is 28.8 Å². The predicted octanol–water partition coefficient (Wildman–Crippen LogP) is 5.46. The lowest BCUT2D eigenvalue weighted by Crippen LogP contribution is -2.39. The number of Topliss-reactive ketones (excluding diaryl/α,β-unsaturated/α-hetero) is 1. The van der Waals surface area contributed by atoms with Gasteiger partial charge in [0.25, 0.3) is 5.91 Å². The van der Waals surface area contributed by atoms with Crippen LogP contribution in [0.3, 0.4) is 0 Å².